The number of carboxylic acids is 1. The minimum absolute atomic E-state index is 0.249. The van der Waals surface area contributed by atoms with Crippen molar-refractivity contribution in [3.05, 3.63) is 0 Å². The Bertz CT molecular complexity index is 270. The van der Waals surface area contributed by atoms with Crippen LogP contribution in [0.3, 0.4) is 0 Å². The molecule has 0 spiro atoms. The molecule has 0 aromatic rings. The first-order valence-corrected chi connectivity index (χ1v) is 5.48. The van der Waals surface area contributed by atoms with Crippen molar-refractivity contribution < 1.29 is 19.8 Å². The summed E-state index contributed by atoms with van der Waals surface area (Å²) in [6.45, 7) is 3.25. The predicted molar refractivity (Wildman–Crippen MR) is 57.0 cm³/mol. The molecule has 2 atom stereocenters. The van der Waals surface area contributed by atoms with Gasteiger partial charge in [-0.1, -0.05) is 13.3 Å². The van der Waals surface area contributed by atoms with E-state index in [1.54, 1.807) is 4.90 Å². The molecule has 0 aliphatic carbocycles. The van der Waals surface area contributed by atoms with Gasteiger partial charge < -0.3 is 20.4 Å². The topological polar surface area (TPSA) is 89.9 Å². The summed E-state index contributed by atoms with van der Waals surface area (Å²) in [4.78, 5) is 23.5. The smallest absolute Gasteiger partial charge is 0.334 e. The van der Waals surface area contributed by atoms with Gasteiger partial charge in [0.2, 0.25) is 0 Å². The molecule has 2 amide bonds. The van der Waals surface area contributed by atoms with Gasteiger partial charge in [-0.05, 0) is 12.3 Å². The number of hydrogen-bond acceptors (Lipinski definition) is 3. The molecule has 0 bridgehead atoms. The average Bonchev–Trinajstić information content (AvgIpc) is 2.73. The van der Waals surface area contributed by atoms with Crippen LogP contribution in [0, 0.1) is 5.92 Å². The molecule has 1 fully saturated rings. The quantitative estimate of drug-likeness (QED) is 0.627. The number of aliphatic carboxylic acids is 1. The summed E-state index contributed by atoms with van der Waals surface area (Å²) in [5.41, 5.74) is 0. The lowest BCUT2D eigenvalue weighted by molar-refractivity contribution is -0.146. The lowest BCUT2D eigenvalue weighted by Crippen LogP contribution is -2.43. The Hall–Kier alpha value is -1.30. The van der Waals surface area contributed by atoms with Gasteiger partial charge in [0.25, 0.3) is 0 Å². The Kier molecular flexibility index (Phi) is 4.54. The van der Waals surface area contributed by atoms with E-state index < -0.39 is 12.1 Å². The van der Waals surface area contributed by atoms with Gasteiger partial charge in [-0.3, -0.25) is 0 Å². The third kappa shape index (κ3) is 3.37. The van der Waals surface area contributed by atoms with Crippen LogP contribution >= 0.6 is 0 Å². The largest absolute Gasteiger partial charge is 0.479 e. The van der Waals surface area contributed by atoms with Crippen LogP contribution in [0.5, 0.6) is 0 Å². The second-order valence-electron chi connectivity index (χ2n) is 4.05. The van der Waals surface area contributed by atoms with Crippen molar-refractivity contribution in [2.75, 3.05) is 19.6 Å². The molecule has 1 rings (SSSR count). The maximum absolute atomic E-state index is 11.5. The van der Waals surface area contributed by atoms with E-state index in [4.69, 9.17) is 10.2 Å². The number of carboxylic acid groups (broad SMARTS) is 1. The van der Waals surface area contributed by atoms with Crippen molar-refractivity contribution in [1.82, 2.24) is 10.2 Å². The monoisotopic (exact) mass is 230 g/mol. The first-order chi connectivity index (χ1) is 7.54. The summed E-state index contributed by atoms with van der Waals surface area (Å²) in [6, 6.07) is -0.295. The van der Waals surface area contributed by atoms with Crippen molar-refractivity contribution >= 4 is 12.0 Å². The van der Waals surface area contributed by atoms with Crippen molar-refractivity contribution in [2.45, 2.75) is 25.9 Å². The average molecular weight is 230 g/mol. The Morgan fingerprint density at radius 3 is 2.75 bits per heavy atom. The summed E-state index contributed by atoms with van der Waals surface area (Å²) < 4.78 is 0. The Morgan fingerprint density at radius 2 is 2.25 bits per heavy atom. The van der Waals surface area contributed by atoms with E-state index in [0.717, 1.165) is 12.8 Å². The van der Waals surface area contributed by atoms with E-state index >= 15 is 0 Å². The number of likely N-dealkylation sites (tertiary alicyclic amines) is 1. The van der Waals surface area contributed by atoms with E-state index in [0.29, 0.717) is 19.0 Å². The van der Waals surface area contributed by atoms with Crippen LogP contribution in [0.4, 0.5) is 4.79 Å². The highest BCUT2D eigenvalue weighted by Gasteiger charge is 2.25. The van der Waals surface area contributed by atoms with Crippen LogP contribution in [0.2, 0.25) is 0 Å². The fraction of sp³-hybridized carbons (Fsp3) is 0.800. The summed E-state index contributed by atoms with van der Waals surface area (Å²) in [6.07, 6.45) is 0.501. The molecular weight excluding hydrogens is 212 g/mol. The third-order valence-electron chi connectivity index (χ3n) is 2.88. The maximum Gasteiger partial charge on any atom is 0.334 e. The lowest BCUT2D eigenvalue weighted by Gasteiger charge is -2.17. The minimum atomic E-state index is -1.53. The van der Waals surface area contributed by atoms with Gasteiger partial charge in [-0.25, -0.2) is 9.59 Å². The highest BCUT2D eigenvalue weighted by atomic mass is 16.4. The molecule has 0 aromatic carbocycles. The van der Waals surface area contributed by atoms with Gasteiger partial charge in [0.15, 0.2) is 6.10 Å². The normalized spacial score (nSPS) is 21.9. The van der Waals surface area contributed by atoms with E-state index in [1.807, 2.05) is 0 Å². The molecule has 1 saturated heterocycles. The number of carbonyl (C=O) groups is 2. The Morgan fingerprint density at radius 1 is 1.56 bits per heavy atom. The van der Waals surface area contributed by atoms with E-state index in [9.17, 15) is 9.59 Å². The molecule has 16 heavy (non-hydrogen) atoms. The number of amides is 2. The van der Waals surface area contributed by atoms with Crippen LogP contribution in [0.1, 0.15) is 19.8 Å². The summed E-state index contributed by atoms with van der Waals surface area (Å²) in [5.74, 6) is -0.789. The molecule has 3 N–H and O–H groups in total. The van der Waals surface area contributed by atoms with Crippen LogP contribution in [-0.4, -0.2) is 52.9 Å². The minimum Gasteiger partial charge on any atom is -0.479 e. The molecule has 1 heterocycles. The number of nitrogens with zero attached hydrogens (tertiary/aromatic N) is 1. The van der Waals surface area contributed by atoms with Gasteiger partial charge in [0.1, 0.15) is 0 Å². The number of aliphatic hydroxyl groups is 1. The predicted octanol–water partition coefficient (Wildman–Crippen LogP) is -0.127. The SMILES string of the molecule is CCC1CCN(C(=O)NC[C@H](O)C(=O)O)C1. The molecular formula is C10H18N2O4. The highest BCUT2D eigenvalue weighted by Crippen LogP contribution is 2.18. The second-order valence-corrected chi connectivity index (χ2v) is 4.05. The van der Waals surface area contributed by atoms with Gasteiger partial charge >= 0.3 is 12.0 Å². The lowest BCUT2D eigenvalue weighted by atomic mass is 10.1. The van der Waals surface area contributed by atoms with Gasteiger partial charge in [0, 0.05) is 13.1 Å². The first-order valence-electron chi connectivity index (χ1n) is 5.48. The number of rotatable bonds is 4. The zero-order valence-corrected chi connectivity index (χ0v) is 9.35. The summed E-state index contributed by atoms with van der Waals surface area (Å²) in [5, 5.41) is 19.8. The fourth-order valence-electron chi connectivity index (χ4n) is 1.73. The highest BCUT2D eigenvalue weighted by molar-refractivity contribution is 5.77. The van der Waals surface area contributed by atoms with Crippen molar-refractivity contribution in [1.29, 1.82) is 0 Å². The van der Waals surface area contributed by atoms with Crippen molar-refractivity contribution in [2.24, 2.45) is 5.92 Å². The molecule has 92 valence electrons. The van der Waals surface area contributed by atoms with Crippen LogP contribution in [-0.2, 0) is 4.79 Å². The Labute approximate surface area is 94.2 Å². The van der Waals surface area contributed by atoms with Gasteiger partial charge in [0.05, 0.1) is 6.54 Å². The zero-order chi connectivity index (χ0) is 12.1. The number of nitrogens with one attached hydrogen (secondary N) is 1. The number of hydrogen-bond donors (Lipinski definition) is 3. The maximum atomic E-state index is 11.5. The standard InChI is InChI=1S/C10H18N2O4/c1-2-7-3-4-12(6-7)10(16)11-5-8(13)9(14)15/h7-8,13H,2-6H2,1H3,(H,11,16)(H,14,15)/t7?,8-/m0/s1. The number of aliphatic hydroxyl groups excluding tert-OH is 1. The van der Waals surface area contributed by atoms with Crippen LogP contribution in [0.15, 0.2) is 0 Å². The van der Waals surface area contributed by atoms with Crippen molar-refractivity contribution in [3.63, 3.8) is 0 Å². The van der Waals surface area contributed by atoms with E-state index in [2.05, 4.69) is 12.2 Å². The summed E-state index contributed by atoms with van der Waals surface area (Å²) in [7, 11) is 0. The number of urea groups is 1. The van der Waals surface area contributed by atoms with E-state index in [-0.39, 0.29) is 12.6 Å². The molecule has 1 aliphatic heterocycles. The third-order valence-corrected chi connectivity index (χ3v) is 2.88. The van der Waals surface area contributed by atoms with Crippen molar-refractivity contribution in [3.8, 4) is 0 Å². The molecule has 6 nitrogen and oxygen atoms in total. The fourth-order valence-corrected chi connectivity index (χ4v) is 1.73. The van der Waals surface area contributed by atoms with Gasteiger partial charge in [-0.15, -0.1) is 0 Å². The number of carbonyl (C=O) groups excluding carboxylic acids is 1. The van der Waals surface area contributed by atoms with Gasteiger partial charge in [-0.2, -0.15) is 0 Å². The van der Waals surface area contributed by atoms with Crippen LogP contribution < -0.4 is 5.32 Å². The Balaban J connectivity index is 2.28. The molecule has 1 unspecified atom stereocenters. The molecule has 0 saturated carbocycles. The first kappa shape index (κ1) is 12.8. The zero-order valence-electron chi connectivity index (χ0n) is 9.35. The van der Waals surface area contributed by atoms with E-state index in [1.165, 1.54) is 0 Å². The molecule has 0 radical (unpaired) electrons. The molecule has 1 aliphatic rings. The molecule has 6 heteroatoms. The van der Waals surface area contributed by atoms with Crippen LogP contribution in [0.25, 0.3) is 0 Å². The summed E-state index contributed by atoms with van der Waals surface area (Å²) >= 11 is 0. The molecule has 0 aromatic heterocycles. The second kappa shape index (κ2) is 5.69.